The van der Waals surface area contributed by atoms with Crippen LogP contribution in [0.4, 0.5) is 0 Å². The van der Waals surface area contributed by atoms with Crippen molar-refractivity contribution in [2.24, 2.45) is 0 Å². The van der Waals surface area contributed by atoms with Gasteiger partial charge in [-0.1, -0.05) is 48.0 Å². The van der Waals surface area contributed by atoms with Crippen molar-refractivity contribution in [1.82, 2.24) is 4.31 Å². The molecule has 0 spiro atoms. The van der Waals surface area contributed by atoms with Crippen LogP contribution < -0.4 is 0 Å². The molecule has 1 aliphatic rings. The van der Waals surface area contributed by atoms with E-state index < -0.39 is 10.0 Å². The molecule has 3 rings (SSSR count). The minimum absolute atomic E-state index is 0.365. The Balaban J connectivity index is 1.98. The van der Waals surface area contributed by atoms with E-state index in [1.165, 1.54) is 0 Å². The third-order valence-electron chi connectivity index (χ3n) is 4.11. The zero-order valence-corrected chi connectivity index (χ0v) is 14.1. The number of benzene rings is 2. The fourth-order valence-electron chi connectivity index (χ4n) is 2.83. The Morgan fingerprint density at radius 2 is 1.65 bits per heavy atom. The number of rotatable bonds is 3. The van der Waals surface area contributed by atoms with E-state index in [0.29, 0.717) is 11.4 Å². The minimum Gasteiger partial charge on any atom is -0.270 e. The van der Waals surface area contributed by atoms with Gasteiger partial charge in [0.2, 0.25) is 0 Å². The first kappa shape index (κ1) is 15.8. The van der Waals surface area contributed by atoms with Gasteiger partial charge in [-0.25, -0.2) is 8.42 Å². The van der Waals surface area contributed by atoms with E-state index in [1.54, 1.807) is 16.4 Å². The van der Waals surface area contributed by atoms with Crippen LogP contribution in [-0.2, 0) is 10.0 Å². The SMILES string of the molecule is Cc1ccc(S(=O)(=O)N2CCCC/C2=C\c2ccccc2)cc1. The smallest absolute Gasteiger partial charge is 0.264 e. The van der Waals surface area contributed by atoms with E-state index in [1.807, 2.05) is 55.5 Å². The molecule has 0 radical (unpaired) electrons. The van der Waals surface area contributed by atoms with E-state index in [4.69, 9.17) is 0 Å². The predicted octanol–water partition coefficient (Wildman–Crippen LogP) is 4.21. The maximum absolute atomic E-state index is 13.0. The van der Waals surface area contributed by atoms with Crippen LogP contribution in [-0.4, -0.2) is 19.3 Å². The predicted molar refractivity (Wildman–Crippen MR) is 93.3 cm³/mol. The number of sulfonamides is 1. The molecule has 23 heavy (non-hydrogen) atoms. The highest BCUT2D eigenvalue weighted by atomic mass is 32.2. The lowest BCUT2D eigenvalue weighted by atomic mass is 10.1. The van der Waals surface area contributed by atoms with Gasteiger partial charge >= 0.3 is 0 Å². The van der Waals surface area contributed by atoms with Gasteiger partial charge in [0, 0.05) is 12.2 Å². The highest BCUT2D eigenvalue weighted by molar-refractivity contribution is 7.89. The van der Waals surface area contributed by atoms with Crippen molar-refractivity contribution in [2.75, 3.05) is 6.54 Å². The molecule has 1 aliphatic heterocycles. The Kier molecular flexibility index (Phi) is 4.53. The van der Waals surface area contributed by atoms with Crippen LogP contribution in [0.5, 0.6) is 0 Å². The zero-order chi connectivity index (χ0) is 16.3. The third-order valence-corrected chi connectivity index (χ3v) is 5.97. The van der Waals surface area contributed by atoms with E-state index in [9.17, 15) is 8.42 Å². The van der Waals surface area contributed by atoms with Crippen molar-refractivity contribution in [3.63, 3.8) is 0 Å². The van der Waals surface area contributed by atoms with Crippen LogP contribution in [0.1, 0.15) is 30.4 Å². The van der Waals surface area contributed by atoms with Crippen LogP contribution >= 0.6 is 0 Å². The summed E-state index contributed by atoms with van der Waals surface area (Å²) in [4.78, 5) is 0.365. The lowest BCUT2D eigenvalue weighted by Crippen LogP contribution is -2.34. The molecule has 1 heterocycles. The van der Waals surface area contributed by atoms with Crippen LogP contribution in [0.25, 0.3) is 6.08 Å². The van der Waals surface area contributed by atoms with Gasteiger partial charge in [-0.3, -0.25) is 4.31 Å². The summed E-state index contributed by atoms with van der Waals surface area (Å²) in [6, 6.07) is 17.0. The molecule has 0 aliphatic carbocycles. The van der Waals surface area contributed by atoms with Gasteiger partial charge in [-0.05, 0) is 50.0 Å². The van der Waals surface area contributed by atoms with E-state index in [-0.39, 0.29) is 0 Å². The van der Waals surface area contributed by atoms with Gasteiger partial charge in [0.25, 0.3) is 10.0 Å². The van der Waals surface area contributed by atoms with Crippen LogP contribution in [0.3, 0.4) is 0 Å². The molecule has 0 N–H and O–H groups in total. The van der Waals surface area contributed by atoms with Gasteiger partial charge in [0.1, 0.15) is 0 Å². The van der Waals surface area contributed by atoms with Gasteiger partial charge in [-0.2, -0.15) is 0 Å². The normalized spacial score (nSPS) is 17.4. The van der Waals surface area contributed by atoms with Crippen molar-refractivity contribution in [1.29, 1.82) is 0 Å². The molecule has 0 atom stereocenters. The standard InChI is InChI=1S/C19H21NO2S/c1-16-10-12-19(13-11-16)23(21,22)20-14-6-5-9-18(20)15-17-7-3-2-4-8-17/h2-4,7-8,10-13,15H,5-6,9,14H2,1H3/b18-15+. The van der Waals surface area contributed by atoms with Gasteiger partial charge in [-0.15, -0.1) is 0 Å². The first-order chi connectivity index (χ1) is 11.1. The topological polar surface area (TPSA) is 37.4 Å². The maximum atomic E-state index is 13.0. The molecular formula is C19H21NO2S. The van der Waals surface area contributed by atoms with Crippen molar-refractivity contribution in [2.45, 2.75) is 31.1 Å². The Hall–Kier alpha value is -2.07. The lowest BCUT2D eigenvalue weighted by Gasteiger charge is -2.31. The number of allylic oxidation sites excluding steroid dienone is 1. The summed E-state index contributed by atoms with van der Waals surface area (Å²) >= 11 is 0. The summed E-state index contributed by atoms with van der Waals surface area (Å²) < 4.78 is 27.5. The second kappa shape index (κ2) is 6.59. The van der Waals surface area contributed by atoms with Crippen molar-refractivity contribution < 1.29 is 8.42 Å². The highest BCUT2D eigenvalue weighted by Gasteiger charge is 2.28. The van der Waals surface area contributed by atoms with Gasteiger partial charge < -0.3 is 0 Å². The lowest BCUT2D eigenvalue weighted by molar-refractivity contribution is 0.411. The summed E-state index contributed by atoms with van der Waals surface area (Å²) in [5, 5.41) is 0. The van der Waals surface area contributed by atoms with E-state index >= 15 is 0 Å². The summed E-state index contributed by atoms with van der Waals surface area (Å²) in [7, 11) is -3.48. The first-order valence-electron chi connectivity index (χ1n) is 7.92. The second-order valence-corrected chi connectivity index (χ2v) is 7.76. The second-order valence-electron chi connectivity index (χ2n) is 5.89. The molecular weight excluding hydrogens is 306 g/mol. The fraction of sp³-hybridized carbons (Fsp3) is 0.263. The highest BCUT2D eigenvalue weighted by Crippen LogP contribution is 2.29. The largest absolute Gasteiger partial charge is 0.270 e. The third kappa shape index (κ3) is 3.48. The number of piperidine rings is 1. The van der Waals surface area contributed by atoms with E-state index in [0.717, 1.165) is 36.1 Å². The summed E-state index contributed by atoms with van der Waals surface area (Å²) in [6.45, 7) is 2.51. The average molecular weight is 327 g/mol. The molecule has 0 unspecified atom stereocenters. The molecule has 1 saturated heterocycles. The Labute approximate surface area is 138 Å². The van der Waals surface area contributed by atoms with Crippen molar-refractivity contribution in [3.8, 4) is 0 Å². The summed E-state index contributed by atoms with van der Waals surface area (Å²) in [5.74, 6) is 0. The molecule has 3 nitrogen and oxygen atoms in total. The van der Waals surface area contributed by atoms with Crippen LogP contribution in [0.2, 0.25) is 0 Å². The molecule has 0 bridgehead atoms. The molecule has 0 amide bonds. The Morgan fingerprint density at radius 1 is 0.957 bits per heavy atom. The van der Waals surface area contributed by atoms with Crippen LogP contribution in [0.15, 0.2) is 65.2 Å². The molecule has 2 aromatic carbocycles. The van der Waals surface area contributed by atoms with E-state index in [2.05, 4.69) is 0 Å². The number of hydrogen-bond donors (Lipinski definition) is 0. The Morgan fingerprint density at radius 3 is 2.35 bits per heavy atom. The maximum Gasteiger partial charge on any atom is 0.264 e. The molecule has 2 aromatic rings. The monoisotopic (exact) mass is 327 g/mol. The minimum atomic E-state index is -3.48. The van der Waals surface area contributed by atoms with Gasteiger partial charge in [0.05, 0.1) is 4.90 Å². The summed E-state index contributed by atoms with van der Waals surface area (Å²) in [5.41, 5.74) is 2.97. The van der Waals surface area contributed by atoms with Crippen molar-refractivity contribution >= 4 is 16.1 Å². The summed E-state index contributed by atoms with van der Waals surface area (Å²) in [6.07, 6.45) is 4.71. The number of nitrogens with zero attached hydrogens (tertiary/aromatic N) is 1. The molecule has 0 saturated carbocycles. The first-order valence-corrected chi connectivity index (χ1v) is 9.36. The average Bonchev–Trinajstić information content (AvgIpc) is 2.56. The van der Waals surface area contributed by atoms with Crippen LogP contribution in [0, 0.1) is 6.92 Å². The van der Waals surface area contributed by atoms with Gasteiger partial charge in [0.15, 0.2) is 0 Å². The molecule has 0 aromatic heterocycles. The number of aryl methyl sites for hydroxylation is 1. The number of hydrogen-bond acceptors (Lipinski definition) is 2. The molecule has 4 heteroatoms. The quantitative estimate of drug-likeness (QED) is 0.847. The van der Waals surface area contributed by atoms with Crippen molar-refractivity contribution in [3.05, 3.63) is 71.4 Å². The fourth-order valence-corrected chi connectivity index (χ4v) is 4.38. The zero-order valence-electron chi connectivity index (χ0n) is 13.3. The Bertz CT molecular complexity index is 793. The molecule has 120 valence electrons. The molecule has 1 fully saturated rings.